The third kappa shape index (κ3) is 3.14. The molecule has 5 rings (SSSR count). The smallest absolute Gasteiger partial charge is 0.251 e. The summed E-state index contributed by atoms with van der Waals surface area (Å²) in [7, 11) is -3.88. The summed E-state index contributed by atoms with van der Waals surface area (Å²) >= 11 is 0. The van der Waals surface area contributed by atoms with Crippen LogP contribution in [-0.2, 0) is 16.3 Å². The Morgan fingerprint density at radius 2 is 1.65 bits per heavy atom. The van der Waals surface area contributed by atoms with E-state index >= 15 is 0 Å². The number of fused-ring (bicyclic) bond motifs is 3. The van der Waals surface area contributed by atoms with Gasteiger partial charge in [-0.3, -0.25) is 9.59 Å². The number of amides is 1. The Morgan fingerprint density at radius 3 is 2.52 bits per heavy atom. The van der Waals surface area contributed by atoms with Gasteiger partial charge < -0.3 is 10.3 Å². The van der Waals surface area contributed by atoms with E-state index in [1.54, 1.807) is 12.1 Å². The summed E-state index contributed by atoms with van der Waals surface area (Å²) in [6.07, 6.45) is 2.55. The predicted octanol–water partition coefficient (Wildman–Crippen LogP) is 3.52. The van der Waals surface area contributed by atoms with Crippen LogP contribution in [-0.4, -0.2) is 31.6 Å². The minimum atomic E-state index is -3.88. The SMILES string of the molecule is O=C(NCCc1c[nH]c2ccccc12)c1ccc2c(c1)S(=O)(=O)c1ccccc1C2=O. The number of carbonyl (C=O) groups excluding carboxylic acids is 2. The number of rotatable bonds is 4. The fourth-order valence-electron chi connectivity index (χ4n) is 3.98. The molecule has 2 heterocycles. The maximum Gasteiger partial charge on any atom is 0.251 e. The van der Waals surface area contributed by atoms with E-state index in [9.17, 15) is 18.0 Å². The highest BCUT2D eigenvalue weighted by Crippen LogP contribution is 2.34. The molecule has 7 heteroatoms. The zero-order valence-corrected chi connectivity index (χ0v) is 17.2. The van der Waals surface area contributed by atoms with E-state index in [0.717, 1.165) is 16.5 Å². The van der Waals surface area contributed by atoms with Crippen molar-refractivity contribution >= 4 is 32.4 Å². The van der Waals surface area contributed by atoms with Crippen molar-refractivity contribution in [3.8, 4) is 0 Å². The lowest BCUT2D eigenvalue weighted by molar-refractivity contribution is 0.0952. The van der Waals surface area contributed by atoms with Crippen LogP contribution in [0, 0.1) is 0 Å². The second kappa shape index (κ2) is 7.21. The molecule has 154 valence electrons. The van der Waals surface area contributed by atoms with Crippen LogP contribution >= 0.6 is 0 Å². The summed E-state index contributed by atoms with van der Waals surface area (Å²) in [6.45, 7) is 0.395. The van der Waals surface area contributed by atoms with Crippen LogP contribution in [0.5, 0.6) is 0 Å². The number of aromatic nitrogens is 1. The number of hydrogen-bond acceptors (Lipinski definition) is 4. The van der Waals surface area contributed by atoms with Crippen molar-refractivity contribution in [3.63, 3.8) is 0 Å². The van der Waals surface area contributed by atoms with Crippen molar-refractivity contribution in [2.45, 2.75) is 16.2 Å². The average Bonchev–Trinajstić information content (AvgIpc) is 3.20. The molecule has 0 unspecified atom stereocenters. The van der Waals surface area contributed by atoms with Crippen molar-refractivity contribution in [1.82, 2.24) is 10.3 Å². The monoisotopic (exact) mass is 430 g/mol. The molecule has 0 aliphatic carbocycles. The Morgan fingerprint density at radius 1 is 0.903 bits per heavy atom. The average molecular weight is 430 g/mol. The Hall–Kier alpha value is -3.71. The molecule has 6 nitrogen and oxygen atoms in total. The lowest BCUT2D eigenvalue weighted by atomic mass is 10.0. The molecule has 3 aromatic carbocycles. The Bertz CT molecular complexity index is 1470. The van der Waals surface area contributed by atoms with Crippen molar-refractivity contribution in [3.05, 3.63) is 95.2 Å². The zero-order chi connectivity index (χ0) is 21.6. The van der Waals surface area contributed by atoms with Gasteiger partial charge in [-0.05, 0) is 48.4 Å². The molecule has 0 bridgehead atoms. The normalized spacial score (nSPS) is 14.1. The van der Waals surface area contributed by atoms with Gasteiger partial charge in [-0.25, -0.2) is 8.42 Å². The summed E-state index contributed by atoms with van der Waals surface area (Å²) in [6, 6.07) is 18.3. The highest BCUT2D eigenvalue weighted by Gasteiger charge is 2.34. The molecule has 4 aromatic rings. The Labute approximate surface area is 178 Å². The molecule has 1 aliphatic heterocycles. The van der Waals surface area contributed by atoms with Crippen molar-refractivity contribution in [2.75, 3.05) is 6.54 Å². The second-order valence-electron chi connectivity index (χ2n) is 7.41. The first-order chi connectivity index (χ1) is 15.0. The van der Waals surface area contributed by atoms with Gasteiger partial charge in [0.25, 0.3) is 5.91 Å². The molecule has 0 fully saturated rings. The van der Waals surface area contributed by atoms with E-state index in [2.05, 4.69) is 10.3 Å². The first kappa shape index (κ1) is 19.3. The van der Waals surface area contributed by atoms with Gasteiger partial charge >= 0.3 is 0 Å². The number of carbonyl (C=O) groups is 2. The first-order valence-electron chi connectivity index (χ1n) is 9.83. The molecule has 1 aromatic heterocycles. The van der Waals surface area contributed by atoms with E-state index in [1.165, 1.54) is 30.3 Å². The van der Waals surface area contributed by atoms with Gasteiger partial charge in [0, 0.05) is 40.3 Å². The van der Waals surface area contributed by atoms with Crippen molar-refractivity contribution < 1.29 is 18.0 Å². The molecule has 0 radical (unpaired) electrons. The molecule has 0 atom stereocenters. The molecular formula is C24H18N2O4S. The standard InChI is InChI=1S/C24H18N2O4S/c27-23-18-6-2-4-8-21(18)31(29,30)22-13-15(9-10-19(22)23)24(28)25-12-11-16-14-26-20-7-3-1-5-17(16)20/h1-10,13-14,26H,11-12H2,(H,25,28). The molecule has 0 saturated carbocycles. The Kier molecular flexibility index (Phi) is 4.48. The summed E-state index contributed by atoms with van der Waals surface area (Å²) in [5.74, 6) is -0.740. The third-order valence-corrected chi connectivity index (χ3v) is 7.41. The van der Waals surface area contributed by atoms with Crippen LogP contribution in [0.15, 0.2) is 82.7 Å². The van der Waals surface area contributed by atoms with Crippen LogP contribution in [0.25, 0.3) is 10.9 Å². The lowest BCUT2D eigenvalue weighted by Crippen LogP contribution is -2.27. The van der Waals surface area contributed by atoms with E-state index in [-0.39, 0.29) is 38.2 Å². The predicted molar refractivity (Wildman–Crippen MR) is 116 cm³/mol. The van der Waals surface area contributed by atoms with Crippen LogP contribution in [0.3, 0.4) is 0 Å². The number of hydrogen-bond donors (Lipinski definition) is 2. The molecule has 31 heavy (non-hydrogen) atoms. The first-order valence-corrected chi connectivity index (χ1v) is 11.3. The topological polar surface area (TPSA) is 96.1 Å². The molecule has 2 N–H and O–H groups in total. The largest absolute Gasteiger partial charge is 0.361 e. The minimum absolute atomic E-state index is 0.0237. The number of ketones is 1. The van der Waals surface area contributed by atoms with Gasteiger partial charge in [0.15, 0.2) is 5.78 Å². The van der Waals surface area contributed by atoms with Crippen molar-refractivity contribution in [2.24, 2.45) is 0 Å². The van der Waals surface area contributed by atoms with Gasteiger partial charge in [-0.1, -0.05) is 30.3 Å². The Balaban J connectivity index is 1.37. The summed E-state index contributed by atoms with van der Waals surface area (Å²) in [5, 5.41) is 3.94. The third-order valence-electron chi connectivity index (χ3n) is 5.55. The van der Waals surface area contributed by atoms with Gasteiger partial charge in [0.05, 0.1) is 9.79 Å². The van der Waals surface area contributed by atoms with Crippen LogP contribution in [0.1, 0.15) is 31.8 Å². The lowest BCUT2D eigenvalue weighted by Gasteiger charge is -2.19. The van der Waals surface area contributed by atoms with E-state index in [4.69, 9.17) is 0 Å². The second-order valence-corrected chi connectivity index (χ2v) is 9.29. The number of nitrogens with one attached hydrogen (secondary N) is 2. The van der Waals surface area contributed by atoms with E-state index in [1.807, 2.05) is 30.5 Å². The van der Waals surface area contributed by atoms with Crippen LogP contribution < -0.4 is 5.32 Å². The number of H-pyrrole nitrogens is 1. The summed E-state index contributed by atoms with van der Waals surface area (Å²) < 4.78 is 26.0. The maximum atomic E-state index is 13.0. The number of para-hydroxylation sites is 1. The summed E-state index contributed by atoms with van der Waals surface area (Å²) in [5.41, 5.74) is 2.58. The fourth-order valence-corrected chi connectivity index (χ4v) is 5.65. The number of aromatic amines is 1. The molecule has 0 spiro atoms. The number of sulfone groups is 1. The van der Waals surface area contributed by atoms with E-state index < -0.39 is 9.84 Å². The highest BCUT2D eigenvalue weighted by atomic mass is 32.2. The zero-order valence-electron chi connectivity index (χ0n) is 16.4. The van der Waals surface area contributed by atoms with E-state index in [0.29, 0.717) is 13.0 Å². The quantitative estimate of drug-likeness (QED) is 0.456. The van der Waals surface area contributed by atoms with Gasteiger partial charge in [-0.15, -0.1) is 0 Å². The molecule has 1 aliphatic rings. The molecule has 0 saturated heterocycles. The van der Waals surface area contributed by atoms with Gasteiger partial charge in [-0.2, -0.15) is 0 Å². The van der Waals surface area contributed by atoms with Gasteiger partial charge in [0.1, 0.15) is 0 Å². The number of benzene rings is 3. The summed E-state index contributed by atoms with van der Waals surface area (Å²) in [4.78, 5) is 28.4. The maximum absolute atomic E-state index is 13.0. The van der Waals surface area contributed by atoms with Gasteiger partial charge in [0.2, 0.25) is 9.84 Å². The molecule has 1 amide bonds. The van der Waals surface area contributed by atoms with Crippen LogP contribution in [0.4, 0.5) is 0 Å². The highest BCUT2D eigenvalue weighted by molar-refractivity contribution is 7.91. The van der Waals surface area contributed by atoms with Crippen LogP contribution in [0.2, 0.25) is 0 Å². The minimum Gasteiger partial charge on any atom is -0.361 e. The fraction of sp³-hybridized carbons (Fsp3) is 0.0833. The molecular weight excluding hydrogens is 412 g/mol. The van der Waals surface area contributed by atoms with Crippen molar-refractivity contribution in [1.29, 1.82) is 0 Å².